The fraction of sp³-hybridized carbons (Fsp3) is 0.537. The summed E-state index contributed by atoms with van der Waals surface area (Å²) >= 11 is 0. The summed E-state index contributed by atoms with van der Waals surface area (Å²) in [4.78, 5) is 101. The SMILES string of the molecule is Cc1ccc(NC(=O)N[C@@H](Cc2cc(F)cc(F)c2)C(=O)N[C@H]2COC(=O)C3C[C@H](C)CN3C(=O)[C@H](C)NC(=O)C3CCCCN3C(=O)C3CCCN3C2=O)cc1C. The Morgan fingerprint density at radius 2 is 1.52 bits per heavy atom. The van der Waals surface area contributed by atoms with E-state index in [-0.39, 0.29) is 44.0 Å². The van der Waals surface area contributed by atoms with Crippen molar-refractivity contribution in [3.63, 3.8) is 0 Å². The van der Waals surface area contributed by atoms with Gasteiger partial charge in [-0.2, -0.15) is 0 Å². The summed E-state index contributed by atoms with van der Waals surface area (Å²) in [5.41, 5.74) is 2.31. The molecule has 4 fully saturated rings. The summed E-state index contributed by atoms with van der Waals surface area (Å²) in [6.07, 6.45) is 2.21. The van der Waals surface area contributed by atoms with Gasteiger partial charge in [0.15, 0.2) is 0 Å². The highest BCUT2D eigenvalue weighted by Crippen LogP contribution is 2.28. The van der Waals surface area contributed by atoms with E-state index in [1.54, 1.807) is 18.2 Å². The van der Waals surface area contributed by atoms with Gasteiger partial charge in [-0.1, -0.05) is 13.0 Å². The van der Waals surface area contributed by atoms with Crippen LogP contribution >= 0.6 is 0 Å². The molecule has 4 aliphatic heterocycles. The van der Waals surface area contributed by atoms with Crippen LogP contribution in [0, 0.1) is 31.4 Å². The number of nitrogens with zero attached hydrogens (tertiary/aromatic N) is 3. The normalized spacial score (nSPS) is 26.2. The third-order valence-corrected chi connectivity index (χ3v) is 11.5. The van der Waals surface area contributed by atoms with Crippen molar-refractivity contribution in [3.8, 4) is 0 Å². The molecule has 0 saturated carbocycles. The van der Waals surface area contributed by atoms with Crippen molar-refractivity contribution in [3.05, 3.63) is 64.7 Å². The van der Waals surface area contributed by atoms with Crippen molar-refractivity contribution in [1.82, 2.24) is 30.7 Å². The molecule has 0 bridgehead atoms. The number of nitrogens with one attached hydrogen (secondary N) is 4. The molecule has 58 heavy (non-hydrogen) atoms. The molecule has 6 rings (SSSR count). The first-order chi connectivity index (χ1) is 27.6. The van der Waals surface area contributed by atoms with Crippen molar-refractivity contribution in [1.29, 1.82) is 0 Å². The summed E-state index contributed by atoms with van der Waals surface area (Å²) in [5, 5.41) is 10.6. The highest BCUT2D eigenvalue weighted by molar-refractivity contribution is 5.98. The van der Waals surface area contributed by atoms with Crippen LogP contribution in [0.5, 0.6) is 0 Å². The molecule has 312 valence electrons. The van der Waals surface area contributed by atoms with E-state index in [0.717, 1.165) is 23.3 Å². The summed E-state index contributed by atoms with van der Waals surface area (Å²) in [7, 11) is 0. The Morgan fingerprint density at radius 1 is 0.828 bits per heavy atom. The molecule has 3 unspecified atom stereocenters. The highest BCUT2D eigenvalue weighted by Gasteiger charge is 2.46. The van der Waals surface area contributed by atoms with Crippen molar-refractivity contribution in [2.45, 2.75) is 109 Å². The van der Waals surface area contributed by atoms with Crippen LogP contribution in [0.3, 0.4) is 0 Å². The standard InChI is InChI=1S/C41H51F2N7O8/c1-22-14-34-40(56)58-21-31(46-35(51)30(18-26-16-27(42)19-28(43)17-26)47-41(57)45-29-11-10-23(2)24(3)15-29)38(54)49-13-7-9-33(49)39(55)48-12-6-5-8-32(48)36(52)44-25(4)37(53)50(34)20-22/h10-11,15-17,19,22,25,30-34H,5-9,12-14,18,20-21H2,1-4H3,(H,44,52)(H,46,51)(H2,45,47,57)/t22-,25-,30-,31-,32?,33?,34?/m0/s1. The number of benzene rings is 2. The number of hydrogen-bond donors (Lipinski definition) is 4. The fourth-order valence-electron chi connectivity index (χ4n) is 8.31. The van der Waals surface area contributed by atoms with E-state index in [0.29, 0.717) is 37.4 Å². The number of amides is 7. The first-order valence-electron chi connectivity index (χ1n) is 19.9. The molecule has 0 aromatic heterocycles. The summed E-state index contributed by atoms with van der Waals surface area (Å²) < 4.78 is 34.3. The van der Waals surface area contributed by atoms with Crippen LogP contribution in [0.1, 0.15) is 69.1 Å². The molecule has 2 aromatic carbocycles. The number of piperidine rings is 1. The number of hydrogen-bond acceptors (Lipinski definition) is 8. The van der Waals surface area contributed by atoms with Crippen LogP contribution in [-0.4, -0.2) is 119 Å². The lowest BCUT2D eigenvalue weighted by atomic mass is 9.99. The molecule has 17 heteroatoms. The van der Waals surface area contributed by atoms with E-state index in [4.69, 9.17) is 4.74 Å². The Kier molecular flexibility index (Phi) is 13.0. The molecule has 0 spiro atoms. The van der Waals surface area contributed by atoms with E-state index in [1.807, 2.05) is 20.8 Å². The molecule has 0 radical (unpaired) electrons. The minimum Gasteiger partial charge on any atom is -0.461 e. The van der Waals surface area contributed by atoms with Gasteiger partial charge in [0.25, 0.3) is 0 Å². The molecular weight excluding hydrogens is 756 g/mol. The maximum absolute atomic E-state index is 14.5. The fourth-order valence-corrected chi connectivity index (χ4v) is 8.31. The topological polar surface area (TPSA) is 187 Å². The zero-order valence-corrected chi connectivity index (χ0v) is 33.1. The number of carbonyl (C=O) groups is 7. The van der Waals surface area contributed by atoms with E-state index in [9.17, 15) is 42.3 Å². The number of carbonyl (C=O) groups excluding carboxylic acids is 7. The predicted molar refractivity (Wildman–Crippen MR) is 206 cm³/mol. The van der Waals surface area contributed by atoms with E-state index in [2.05, 4.69) is 21.3 Å². The molecule has 4 saturated heterocycles. The van der Waals surface area contributed by atoms with Gasteiger partial charge in [0.05, 0.1) is 0 Å². The van der Waals surface area contributed by atoms with Crippen molar-refractivity contribution < 1.29 is 47.1 Å². The largest absolute Gasteiger partial charge is 0.461 e. The Hall–Kier alpha value is -5.61. The first kappa shape index (κ1) is 42.0. The number of anilines is 1. The van der Waals surface area contributed by atoms with Crippen molar-refractivity contribution >= 4 is 47.2 Å². The van der Waals surface area contributed by atoms with Crippen LogP contribution in [0.15, 0.2) is 36.4 Å². The van der Waals surface area contributed by atoms with Gasteiger partial charge in [-0.25, -0.2) is 18.4 Å². The quantitative estimate of drug-likeness (QED) is 0.321. The lowest BCUT2D eigenvalue weighted by Crippen LogP contribution is -2.62. The molecule has 7 atom stereocenters. The zero-order valence-electron chi connectivity index (χ0n) is 33.1. The van der Waals surface area contributed by atoms with Crippen LogP contribution in [0.25, 0.3) is 0 Å². The second-order valence-electron chi connectivity index (χ2n) is 15.9. The van der Waals surface area contributed by atoms with Crippen LogP contribution in [0.2, 0.25) is 0 Å². The van der Waals surface area contributed by atoms with E-state index in [1.165, 1.54) is 21.6 Å². The third-order valence-electron chi connectivity index (χ3n) is 11.5. The van der Waals surface area contributed by atoms with Crippen LogP contribution in [0.4, 0.5) is 19.3 Å². The number of cyclic esters (lactones) is 1. The van der Waals surface area contributed by atoms with E-state index >= 15 is 0 Å². The predicted octanol–water partition coefficient (Wildman–Crippen LogP) is 2.47. The molecule has 4 aliphatic rings. The van der Waals surface area contributed by atoms with Gasteiger partial charge in [0.1, 0.15) is 54.5 Å². The molecule has 0 aliphatic carbocycles. The summed E-state index contributed by atoms with van der Waals surface area (Å²) in [6.45, 7) is 7.05. The van der Waals surface area contributed by atoms with Crippen molar-refractivity contribution in [2.24, 2.45) is 5.92 Å². The number of esters is 1. The van der Waals surface area contributed by atoms with Gasteiger partial charge >= 0.3 is 12.0 Å². The Labute approximate surface area is 335 Å². The zero-order chi connectivity index (χ0) is 41.8. The smallest absolute Gasteiger partial charge is 0.328 e. The lowest BCUT2D eigenvalue weighted by Gasteiger charge is -2.39. The maximum atomic E-state index is 14.5. The number of urea groups is 1. The van der Waals surface area contributed by atoms with Crippen LogP contribution in [-0.2, 0) is 39.9 Å². The van der Waals surface area contributed by atoms with E-state index < -0.39 is 102 Å². The van der Waals surface area contributed by atoms with Gasteiger partial charge in [-0.15, -0.1) is 0 Å². The van der Waals surface area contributed by atoms with Gasteiger partial charge in [-0.3, -0.25) is 24.0 Å². The Morgan fingerprint density at radius 3 is 2.24 bits per heavy atom. The molecule has 7 amide bonds. The second-order valence-corrected chi connectivity index (χ2v) is 15.9. The lowest BCUT2D eigenvalue weighted by molar-refractivity contribution is -0.158. The highest BCUT2D eigenvalue weighted by atomic mass is 19.1. The third kappa shape index (κ3) is 9.56. The van der Waals surface area contributed by atoms with Gasteiger partial charge in [0.2, 0.25) is 29.5 Å². The molecule has 4 heterocycles. The Balaban J connectivity index is 1.31. The number of aryl methyl sites for hydroxylation is 2. The maximum Gasteiger partial charge on any atom is 0.328 e. The Bertz CT molecular complexity index is 1940. The van der Waals surface area contributed by atoms with Crippen molar-refractivity contribution in [2.75, 3.05) is 31.6 Å². The molecule has 2 aromatic rings. The molecule has 4 N–H and O–H groups in total. The summed E-state index contributed by atoms with van der Waals surface area (Å²) in [5.74, 6) is -5.92. The average molecular weight is 808 g/mol. The monoisotopic (exact) mass is 807 g/mol. The number of fused-ring (bicyclic) bond motifs is 3. The van der Waals surface area contributed by atoms with Gasteiger partial charge in [0, 0.05) is 37.8 Å². The first-order valence-corrected chi connectivity index (χ1v) is 19.9. The minimum atomic E-state index is -1.59. The number of ether oxygens (including phenoxy) is 1. The molecular formula is C41H51F2N7O8. The summed E-state index contributed by atoms with van der Waals surface area (Å²) in [6, 6.07) is 0.0169. The molecule has 15 nitrogen and oxygen atoms in total. The minimum absolute atomic E-state index is 0.0274. The van der Waals surface area contributed by atoms with Gasteiger partial charge < -0.3 is 40.7 Å². The average Bonchev–Trinajstić information content (AvgIpc) is 3.83. The number of rotatable bonds is 6. The number of halogens is 2. The van der Waals surface area contributed by atoms with Crippen LogP contribution < -0.4 is 21.3 Å². The van der Waals surface area contributed by atoms with Gasteiger partial charge in [-0.05, 0) is 106 Å². The second kappa shape index (κ2) is 17.9.